The summed E-state index contributed by atoms with van der Waals surface area (Å²) < 4.78 is 0. The summed E-state index contributed by atoms with van der Waals surface area (Å²) in [5.74, 6) is 0. The fourth-order valence-electron chi connectivity index (χ4n) is 5.78. The van der Waals surface area contributed by atoms with Gasteiger partial charge in [-0.1, -0.05) is 135 Å². The van der Waals surface area contributed by atoms with Crippen molar-refractivity contribution in [1.29, 1.82) is 0 Å². The van der Waals surface area contributed by atoms with E-state index in [1.165, 1.54) is 46.9 Å². The number of allylic oxidation sites excluding steroid dienone is 4. The lowest BCUT2D eigenvalue weighted by atomic mass is 9.88. The minimum absolute atomic E-state index is 0.569. The second-order valence-electron chi connectivity index (χ2n) is 9.78. The Balaban J connectivity index is 1.75. The Kier molecular flexibility index (Phi) is 9.41. The lowest BCUT2D eigenvalue weighted by Crippen LogP contribution is -2.17. The van der Waals surface area contributed by atoms with Crippen molar-refractivity contribution in [3.05, 3.63) is 143 Å². The lowest BCUT2D eigenvalue weighted by Gasteiger charge is -2.32. The van der Waals surface area contributed by atoms with Crippen LogP contribution in [0, 0.1) is 0 Å². The Labute approximate surface area is 232 Å². The van der Waals surface area contributed by atoms with Crippen LogP contribution in [0.3, 0.4) is 0 Å². The first-order valence-corrected chi connectivity index (χ1v) is 16.7. The molecule has 0 amide bonds. The summed E-state index contributed by atoms with van der Waals surface area (Å²) in [5, 5.41) is 9.22. The van der Waals surface area contributed by atoms with Crippen LogP contribution in [-0.4, -0.2) is 0 Å². The monoisotopic (exact) mass is 532 g/mol. The highest BCUT2D eigenvalue weighted by Gasteiger charge is 2.28. The second kappa shape index (κ2) is 13.3. The van der Waals surface area contributed by atoms with Crippen molar-refractivity contribution >= 4 is 37.1 Å². The fraction of sp³-hybridized carbons (Fsp3) is 0.222. The topological polar surface area (TPSA) is 0 Å². The van der Waals surface area contributed by atoms with Crippen molar-refractivity contribution in [2.45, 2.75) is 52.4 Å². The van der Waals surface area contributed by atoms with Crippen LogP contribution in [-0.2, 0) is 0 Å². The highest BCUT2D eigenvalue weighted by atomic mass is 31.1. The van der Waals surface area contributed by atoms with Crippen molar-refractivity contribution in [3.63, 3.8) is 0 Å². The molecule has 0 radical (unpaired) electrons. The summed E-state index contributed by atoms with van der Waals surface area (Å²) in [6.07, 6.45) is 7.18. The number of benzene rings is 4. The van der Waals surface area contributed by atoms with Crippen LogP contribution >= 0.6 is 15.8 Å². The molecule has 0 spiro atoms. The molecule has 1 aliphatic carbocycles. The van der Waals surface area contributed by atoms with Crippen LogP contribution < -0.4 is 21.2 Å². The zero-order chi connectivity index (χ0) is 26.2. The maximum absolute atomic E-state index is 2.39. The largest absolute Gasteiger partial charge is 0.0622 e. The van der Waals surface area contributed by atoms with Gasteiger partial charge in [-0.25, -0.2) is 0 Å². The molecule has 0 aromatic heterocycles. The van der Waals surface area contributed by atoms with Gasteiger partial charge in [0.15, 0.2) is 0 Å². The van der Waals surface area contributed by atoms with Gasteiger partial charge in [-0.3, -0.25) is 0 Å². The fourth-order valence-corrected chi connectivity index (χ4v) is 11.2. The molecule has 0 saturated heterocycles. The van der Waals surface area contributed by atoms with Gasteiger partial charge in [0.05, 0.1) is 0 Å². The average molecular weight is 533 g/mol. The van der Waals surface area contributed by atoms with Gasteiger partial charge in [-0.05, 0) is 97.4 Å². The average Bonchev–Trinajstić information content (AvgIpc) is 3.00. The zero-order valence-electron chi connectivity index (χ0n) is 22.7. The van der Waals surface area contributed by atoms with E-state index in [2.05, 4.69) is 135 Å². The smallest absolute Gasteiger partial charge is 0.0154 e. The third-order valence-corrected chi connectivity index (χ3v) is 12.9. The molecule has 2 heteroatoms. The van der Waals surface area contributed by atoms with Gasteiger partial charge in [0, 0.05) is 0 Å². The predicted molar refractivity (Wildman–Crippen MR) is 171 cm³/mol. The quantitative estimate of drug-likeness (QED) is 0.199. The maximum Gasteiger partial charge on any atom is -0.0154 e. The number of hydrogen-bond acceptors (Lipinski definition) is 0. The Bertz CT molecular complexity index is 1170. The van der Waals surface area contributed by atoms with Crippen LogP contribution in [0.25, 0.3) is 0 Å². The van der Waals surface area contributed by atoms with Gasteiger partial charge in [-0.2, -0.15) is 0 Å². The Morgan fingerprint density at radius 1 is 0.447 bits per heavy atom. The van der Waals surface area contributed by atoms with E-state index in [1.54, 1.807) is 21.8 Å². The van der Waals surface area contributed by atoms with E-state index in [9.17, 15) is 0 Å². The Hall–Kier alpha value is -2.78. The Morgan fingerprint density at radius 3 is 0.947 bits per heavy atom. The third kappa shape index (κ3) is 5.94. The summed E-state index contributed by atoms with van der Waals surface area (Å²) in [6.45, 7) is 4.77. The molecule has 4 aromatic rings. The molecule has 192 valence electrons. The van der Waals surface area contributed by atoms with Gasteiger partial charge in [0.25, 0.3) is 0 Å². The van der Waals surface area contributed by atoms with E-state index in [1.807, 2.05) is 0 Å². The van der Waals surface area contributed by atoms with E-state index in [4.69, 9.17) is 0 Å². The Morgan fingerprint density at radius 2 is 0.711 bits per heavy atom. The molecule has 0 heterocycles. The lowest BCUT2D eigenvalue weighted by molar-refractivity contribution is 0.671. The molecule has 4 aromatic carbocycles. The van der Waals surface area contributed by atoms with Crippen molar-refractivity contribution in [2.75, 3.05) is 0 Å². The van der Waals surface area contributed by atoms with Crippen molar-refractivity contribution in [2.24, 2.45) is 0 Å². The molecule has 1 aliphatic rings. The molecule has 38 heavy (non-hydrogen) atoms. The molecule has 1 fully saturated rings. The number of rotatable bonds is 8. The molecular formula is C36H38P2. The predicted octanol–water partition coefficient (Wildman–Crippen LogP) is 9.15. The molecule has 1 saturated carbocycles. The molecule has 0 N–H and O–H groups in total. The highest BCUT2D eigenvalue weighted by Crippen LogP contribution is 2.54. The van der Waals surface area contributed by atoms with E-state index in [-0.39, 0.29) is 0 Å². The van der Waals surface area contributed by atoms with Gasteiger partial charge >= 0.3 is 0 Å². The number of hydrogen-bond donors (Lipinski definition) is 0. The van der Waals surface area contributed by atoms with E-state index < -0.39 is 15.8 Å². The third-order valence-electron chi connectivity index (χ3n) is 7.43. The molecule has 0 aliphatic heterocycles. The van der Waals surface area contributed by atoms with Crippen molar-refractivity contribution in [3.8, 4) is 0 Å². The molecule has 0 bridgehead atoms. The SMILES string of the molecule is CCC(=C1CCCCC1=C(CC)P(c1ccccc1)c1ccccc1)P(c1ccccc1)c1ccccc1. The first kappa shape index (κ1) is 26.8. The van der Waals surface area contributed by atoms with Crippen LogP contribution in [0.4, 0.5) is 0 Å². The van der Waals surface area contributed by atoms with Gasteiger partial charge in [-0.15, -0.1) is 0 Å². The van der Waals surface area contributed by atoms with Gasteiger partial charge < -0.3 is 0 Å². The van der Waals surface area contributed by atoms with Crippen LogP contribution in [0.5, 0.6) is 0 Å². The summed E-state index contributed by atoms with van der Waals surface area (Å²) in [5.41, 5.74) is 3.35. The zero-order valence-corrected chi connectivity index (χ0v) is 24.5. The van der Waals surface area contributed by atoms with Gasteiger partial charge in [0.1, 0.15) is 0 Å². The minimum atomic E-state index is -0.569. The highest BCUT2D eigenvalue weighted by molar-refractivity contribution is 7.77. The minimum Gasteiger partial charge on any atom is -0.0622 e. The van der Waals surface area contributed by atoms with Crippen molar-refractivity contribution < 1.29 is 0 Å². The molecule has 0 unspecified atom stereocenters. The summed E-state index contributed by atoms with van der Waals surface area (Å²) >= 11 is 0. The van der Waals surface area contributed by atoms with E-state index in [0.29, 0.717) is 0 Å². The molecule has 0 atom stereocenters. The van der Waals surface area contributed by atoms with Crippen molar-refractivity contribution in [1.82, 2.24) is 0 Å². The summed E-state index contributed by atoms with van der Waals surface area (Å²) in [6, 6.07) is 45.1. The summed E-state index contributed by atoms with van der Waals surface area (Å²) in [7, 11) is -1.14. The second-order valence-corrected chi connectivity index (χ2v) is 14.3. The van der Waals surface area contributed by atoms with Crippen LogP contribution in [0.1, 0.15) is 52.4 Å². The first-order chi connectivity index (χ1) is 18.8. The maximum atomic E-state index is 2.39. The molecule has 0 nitrogen and oxygen atoms in total. The molecule has 5 rings (SSSR count). The van der Waals surface area contributed by atoms with Crippen LogP contribution in [0.15, 0.2) is 143 Å². The summed E-state index contributed by atoms with van der Waals surface area (Å²) in [4.78, 5) is 0. The first-order valence-electron chi connectivity index (χ1n) is 14.1. The molecular weight excluding hydrogens is 494 g/mol. The van der Waals surface area contributed by atoms with Crippen LogP contribution in [0.2, 0.25) is 0 Å². The van der Waals surface area contributed by atoms with Gasteiger partial charge in [0.2, 0.25) is 0 Å². The standard InChI is InChI=1S/C36H38P2/c1-3-35(37(29-19-9-5-10-20-29)30-21-11-6-12-22-30)33-27-17-18-28-34(33)36(4-2)38(31-23-13-7-14-24-31)32-25-15-8-16-26-32/h5-16,19-26H,3-4,17-18,27-28H2,1-2H3. The normalized spacial score (nSPS) is 16.5. The van der Waals surface area contributed by atoms with E-state index in [0.717, 1.165) is 12.8 Å². The van der Waals surface area contributed by atoms with E-state index >= 15 is 0 Å².